The third-order valence-corrected chi connectivity index (χ3v) is 4.25. The van der Waals surface area contributed by atoms with Crippen LogP contribution >= 0.6 is 0 Å². The van der Waals surface area contributed by atoms with Gasteiger partial charge in [0.15, 0.2) is 0 Å². The van der Waals surface area contributed by atoms with E-state index in [2.05, 4.69) is 10.6 Å². The Balaban J connectivity index is 1.87. The number of amides is 3. The Morgan fingerprint density at radius 3 is 2.62 bits per heavy atom. The highest BCUT2D eigenvalue weighted by Crippen LogP contribution is 2.30. The zero-order chi connectivity index (χ0) is 15.6. The van der Waals surface area contributed by atoms with Crippen LogP contribution in [0.1, 0.15) is 19.8 Å². The minimum absolute atomic E-state index is 0.0653. The molecule has 3 N–H and O–H groups in total. The molecule has 7 heteroatoms. The Labute approximate surface area is 123 Å². The number of hydrogen-bond donors (Lipinski definition) is 3. The van der Waals surface area contributed by atoms with Crippen LogP contribution < -0.4 is 10.6 Å². The first kappa shape index (κ1) is 15.3. The maximum absolute atomic E-state index is 12.2. The second-order valence-electron chi connectivity index (χ2n) is 5.93. The Kier molecular flexibility index (Phi) is 4.20. The van der Waals surface area contributed by atoms with Gasteiger partial charge in [-0.05, 0) is 19.8 Å². The van der Waals surface area contributed by atoms with E-state index in [4.69, 9.17) is 5.11 Å². The molecule has 0 saturated carbocycles. The fourth-order valence-corrected chi connectivity index (χ4v) is 2.86. The molecule has 3 unspecified atom stereocenters. The largest absolute Gasteiger partial charge is 0.481 e. The standard InChI is InChI=1S/C14H21N3O4/c1-14(12(20)15-2)5-6-17(8-14)13(21)16-10-4-3-9(7-10)11(18)19/h3-4,9-10H,5-8H2,1-2H3,(H,15,20)(H,16,21)(H,18,19). The van der Waals surface area contributed by atoms with Crippen molar-refractivity contribution >= 4 is 17.9 Å². The number of nitrogens with zero attached hydrogens (tertiary/aromatic N) is 1. The van der Waals surface area contributed by atoms with Crippen LogP contribution in [-0.4, -0.2) is 54.1 Å². The van der Waals surface area contributed by atoms with Crippen LogP contribution in [0.2, 0.25) is 0 Å². The van der Waals surface area contributed by atoms with Crippen molar-refractivity contribution in [2.24, 2.45) is 11.3 Å². The summed E-state index contributed by atoms with van der Waals surface area (Å²) in [5.41, 5.74) is -0.554. The van der Waals surface area contributed by atoms with Gasteiger partial charge in [-0.15, -0.1) is 0 Å². The van der Waals surface area contributed by atoms with Crippen molar-refractivity contribution in [3.63, 3.8) is 0 Å². The molecule has 0 aromatic carbocycles. The molecule has 1 fully saturated rings. The van der Waals surface area contributed by atoms with Gasteiger partial charge in [0.05, 0.1) is 17.4 Å². The van der Waals surface area contributed by atoms with Gasteiger partial charge in [-0.1, -0.05) is 12.2 Å². The molecule has 0 aromatic heterocycles. The number of rotatable bonds is 3. The molecule has 1 aliphatic heterocycles. The predicted octanol–water partition coefficient (Wildman–Crippen LogP) is 0.183. The monoisotopic (exact) mass is 295 g/mol. The summed E-state index contributed by atoms with van der Waals surface area (Å²) in [4.78, 5) is 36.5. The Morgan fingerprint density at radius 2 is 2.05 bits per heavy atom. The van der Waals surface area contributed by atoms with E-state index in [9.17, 15) is 14.4 Å². The lowest BCUT2D eigenvalue weighted by Crippen LogP contribution is -2.45. The maximum atomic E-state index is 12.2. The van der Waals surface area contributed by atoms with Gasteiger partial charge >= 0.3 is 12.0 Å². The molecule has 1 saturated heterocycles. The van der Waals surface area contributed by atoms with Crippen molar-refractivity contribution in [3.8, 4) is 0 Å². The highest BCUT2D eigenvalue weighted by molar-refractivity contribution is 5.84. The van der Waals surface area contributed by atoms with E-state index in [1.807, 2.05) is 6.92 Å². The average molecular weight is 295 g/mol. The van der Waals surface area contributed by atoms with Crippen LogP contribution in [0.5, 0.6) is 0 Å². The van der Waals surface area contributed by atoms with Gasteiger partial charge in [0.2, 0.25) is 5.91 Å². The Bertz CT molecular complexity index is 491. The lowest BCUT2D eigenvalue weighted by Gasteiger charge is -2.24. The summed E-state index contributed by atoms with van der Waals surface area (Å²) in [5.74, 6) is -1.48. The summed E-state index contributed by atoms with van der Waals surface area (Å²) in [7, 11) is 1.59. The molecule has 0 spiro atoms. The molecular formula is C14H21N3O4. The molecular weight excluding hydrogens is 274 g/mol. The van der Waals surface area contributed by atoms with Crippen molar-refractivity contribution in [3.05, 3.63) is 12.2 Å². The lowest BCUT2D eigenvalue weighted by molar-refractivity contribution is -0.140. The maximum Gasteiger partial charge on any atom is 0.317 e. The summed E-state index contributed by atoms with van der Waals surface area (Å²) < 4.78 is 0. The molecule has 1 heterocycles. The van der Waals surface area contributed by atoms with Crippen molar-refractivity contribution in [2.45, 2.75) is 25.8 Å². The minimum atomic E-state index is -0.878. The van der Waals surface area contributed by atoms with Crippen molar-refractivity contribution in [2.75, 3.05) is 20.1 Å². The van der Waals surface area contributed by atoms with E-state index in [1.165, 1.54) is 0 Å². The molecule has 0 radical (unpaired) electrons. The van der Waals surface area contributed by atoms with E-state index in [0.717, 1.165) is 0 Å². The number of carboxylic acid groups (broad SMARTS) is 1. The van der Waals surface area contributed by atoms with E-state index in [1.54, 1.807) is 24.1 Å². The number of urea groups is 1. The summed E-state index contributed by atoms with van der Waals surface area (Å²) >= 11 is 0. The van der Waals surface area contributed by atoms with Gasteiger partial charge in [-0.2, -0.15) is 0 Å². The van der Waals surface area contributed by atoms with Gasteiger partial charge in [0.25, 0.3) is 0 Å². The van der Waals surface area contributed by atoms with E-state index in [-0.39, 0.29) is 18.0 Å². The second kappa shape index (κ2) is 5.75. The minimum Gasteiger partial charge on any atom is -0.481 e. The number of carboxylic acids is 1. The van der Waals surface area contributed by atoms with Crippen molar-refractivity contribution < 1.29 is 19.5 Å². The van der Waals surface area contributed by atoms with Crippen LogP contribution in [-0.2, 0) is 9.59 Å². The zero-order valence-corrected chi connectivity index (χ0v) is 12.3. The highest BCUT2D eigenvalue weighted by atomic mass is 16.4. The topological polar surface area (TPSA) is 98.7 Å². The smallest absolute Gasteiger partial charge is 0.317 e. The second-order valence-corrected chi connectivity index (χ2v) is 5.93. The molecule has 21 heavy (non-hydrogen) atoms. The fraction of sp³-hybridized carbons (Fsp3) is 0.643. The number of carbonyl (C=O) groups excluding carboxylic acids is 2. The number of carbonyl (C=O) groups is 3. The van der Waals surface area contributed by atoms with Gasteiger partial charge in [0.1, 0.15) is 0 Å². The first-order valence-electron chi connectivity index (χ1n) is 7.04. The molecule has 1 aliphatic carbocycles. The number of nitrogens with one attached hydrogen (secondary N) is 2. The summed E-state index contributed by atoms with van der Waals surface area (Å²) in [6.07, 6.45) is 4.32. The number of hydrogen-bond acceptors (Lipinski definition) is 3. The van der Waals surface area contributed by atoms with Crippen molar-refractivity contribution in [1.82, 2.24) is 15.5 Å². The molecule has 2 rings (SSSR count). The van der Waals surface area contributed by atoms with E-state index < -0.39 is 17.3 Å². The van der Waals surface area contributed by atoms with Gasteiger partial charge in [-0.25, -0.2) is 4.79 Å². The quantitative estimate of drug-likeness (QED) is 0.647. The summed E-state index contributed by atoms with van der Waals surface area (Å²) in [5, 5.41) is 14.3. The first-order chi connectivity index (χ1) is 9.85. The van der Waals surface area contributed by atoms with E-state index in [0.29, 0.717) is 25.9 Å². The molecule has 3 atom stereocenters. The Morgan fingerprint density at radius 1 is 1.33 bits per heavy atom. The Hall–Kier alpha value is -2.05. The van der Waals surface area contributed by atoms with Gasteiger partial charge in [-0.3, -0.25) is 9.59 Å². The number of likely N-dealkylation sites (tertiary alicyclic amines) is 1. The molecule has 7 nitrogen and oxygen atoms in total. The molecule has 3 amide bonds. The van der Waals surface area contributed by atoms with Gasteiger partial charge in [0, 0.05) is 20.1 Å². The van der Waals surface area contributed by atoms with Crippen LogP contribution in [0.4, 0.5) is 4.79 Å². The first-order valence-corrected chi connectivity index (χ1v) is 7.04. The van der Waals surface area contributed by atoms with E-state index >= 15 is 0 Å². The van der Waals surface area contributed by atoms with Crippen LogP contribution in [0.3, 0.4) is 0 Å². The summed E-state index contributed by atoms with van der Waals surface area (Å²) in [6.45, 7) is 2.74. The fourth-order valence-electron chi connectivity index (χ4n) is 2.86. The van der Waals surface area contributed by atoms with Crippen LogP contribution in [0, 0.1) is 11.3 Å². The predicted molar refractivity (Wildman–Crippen MR) is 75.6 cm³/mol. The number of aliphatic carboxylic acids is 1. The third kappa shape index (κ3) is 3.17. The van der Waals surface area contributed by atoms with Gasteiger partial charge < -0.3 is 20.6 Å². The highest BCUT2D eigenvalue weighted by Gasteiger charge is 2.41. The summed E-state index contributed by atoms with van der Waals surface area (Å²) in [6, 6.07) is -0.506. The average Bonchev–Trinajstić information content (AvgIpc) is 3.05. The third-order valence-electron chi connectivity index (χ3n) is 4.25. The molecule has 0 aromatic rings. The van der Waals surface area contributed by atoms with Crippen LogP contribution in [0.25, 0.3) is 0 Å². The van der Waals surface area contributed by atoms with Crippen LogP contribution in [0.15, 0.2) is 12.2 Å². The SMILES string of the molecule is CNC(=O)C1(C)CCN(C(=O)NC2C=CC(C(=O)O)C2)C1. The molecule has 116 valence electrons. The zero-order valence-electron chi connectivity index (χ0n) is 12.3. The lowest BCUT2D eigenvalue weighted by atomic mass is 9.89. The molecule has 2 aliphatic rings. The normalized spacial score (nSPS) is 31.2. The van der Waals surface area contributed by atoms with Crippen molar-refractivity contribution in [1.29, 1.82) is 0 Å². The molecule has 0 bridgehead atoms.